The molecule has 13 nitrogen and oxygen atoms in total. The summed E-state index contributed by atoms with van der Waals surface area (Å²) in [6.45, 7) is -0.0837. The van der Waals surface area contributed by atoms with Crippen LogP contribution in [0.5, 0.6) is 11.5 Å². The summed E-state index contributed by atoms with van der Waals surface area (Å²) in [6, 6.07) is 14.2. The second-order valence-electron chi connectivity index (χ2n) is 7.86. The molecule has 39 heavy (non-hydrogen) atoms. The van der Waals surface area contributed by atoms with Crippen LogP contribution in [-0.4, -0.2) is 41.4 Å². The minimum atomic E-state index is -4.60. The number of para-hydroxylation sites is 1. The van der Waals surface area contributed by atoms with E-state index in [2.05, 4.69) is 0 Å². The molecule has 0 bridgehead atoms. The third-order valence-electron chi connectivity index (χ3n) is 5.38. The Labute approximate surface area is 225 Å². The van der Waals surface area contributed by atoms with Crippen molar-refractivity contribution in [1.82, 2.24) is 4.90 Å². The average molecular weight is 572 g/mol. The molecule has 15 heteroatoms. The lowest BCUT2D eigenvalue weighted by Crippen LogP contribution is -2.27. The summed E-state index contributed by atoms with van der Waals surface area (Å²) < 4.78 is 35.8. The van der Waals surface area contributed by atoms with E-state index in [9.17, 15) is 38.2 Å². The minimum Gasteiger partial charge on any atom is -0.493 e. The van der Waals surface area contributed by atoms with Crippen molar-refractivity contribution in [3.05, 3.63) is 103 Å². The van der Waals surface area contributed by atoms with Crippen LogP contribution < -0.4 is 8.92 Å². The zero-order chi connectivity index (χ0) is 28.3. The summed E-state index contributed by atoms with van der Waals surface area (Å²) in [4.78, 5) is 46.4. The maximum Gasteiger partial charge on any atom is 0.346 e. The molecule has 0 saturated carbocycles. The average Bonchev–Trinajstić information content (AvgIpc) is 3.16. The molecule has 1 saturated heterocycles. The van der Waals surface area contributed by atoms with Gasteiger partial charge >= 0.3 is 10.1 Å². The summed E-state index contributed by atoms with van der Waals surface area (Å²) in [6.07, 6.45) is 1.41. The second-order valence-corrected chi connectivity index (χ2v) is 10.4. The summed E-state index contributed by atoms with van der Waals surface area (Å²) in [7, 11) is -3.35. The Bertz CT molecular complexity index is 1640. The number of non-ortho nitro benzene ring substituents is 1. The maximum atomic E-state index is 12.9. The number of amides is 2. The van der Waals surface area contributed by atoms with Crippen LogP contribution in [0.2, 0.25) is 0 Å². The smallest absolute Gasteiger partial charge is 0.346 e. The normalized spacial score (nSPS) is 14.5. The molecule has 1 aliphatic heterocycles. The van der Waals surface area contributed by atoms with Crippen LogP contribution in [0.4, 0.5) is 16.2 Å². The van der Waals surface area contributed by atoms with E-state index in [1.165, 1.54) is 67.8 Å². The molecule has 1 heterocycles. The van der Waals surface area contributed by atoms with Gasteiger partial charge in [0.25, 0.3) is 22.5 Å². The SMILES string of the molecule is COc1cc(C=C2SC(=O)N(Cc3ccc([N+](=O)[O-])cc3)C2=O)ccc1OS(=O)(=O)c1ccccc1[N+](=O)[O-]. The zero-order valence-corrected chi connectivity index (χ0v) is 21.5. The molecule has 3 aromatic rings. The van der Waals surface area contributed by atoms with Crippen LogP contribution >= 0.6 is 11.8 Å². The molecule has 0 unspecified atom stereocenters. The number of thioether (sulfide) groups is 1. The number of ether oxygens (including phenoxy) is 1. The maximum absolute atomic E-state index is 12.9. The largest absolute Gasteiger partial charge is 0.493 e. The number of nitrogens with zero attached hydrogens (tertiary/aromatic N) is 3. The standard InChI is InChI=1S/C24H17N3O10S2/c1-36-20-12-16(8-11-19(20)37-39(34,35)22-5-3-2-4-18(22)27(32)33)13-21-23(28)25(24(29)38-21)14-15-6-9-17(10-7-15)26(30)31/h2-13H,14H2,1H3. The number of benzene rings is 3. The fourth-order valence-corrected chi connectivity index (χ4v) is 5.46. The first-order valence-corrected chi connectivity index (χ1v) is 13.1. The molecule has 1 fully saturated rings. The van der Waals surface area contributed by atoms with Crippen LogP contribution in [0.15, 0.2) is 76.5 Å². The van der Waals surface area contributed by atoms with Crippen molar-refractivity contribution in [3.63, 3.8) is 0 Å². The molecule has 0 aromatic heterocycles. The number of methoxy groups -OCH3 is 1. The Balaban J connectivity index is 1.55. The van der Waals surface area contributed by atoms with Gasteiger partial charge in [-0.05, 0) is 47.2 Å². The fourth-order valence-electron chi connectivity index (χ4n) is 3.52. The number of nitro groups is 2. The highest BCUT2D eigenvalue weighted by atomic mass is 32.2. The Morgan fingerprint density at radius 2 is 1.64 bits per heavy atom. The van der Waals surface area contributed by atoms with E-state index in [4.69, 9.17) is 8.92 Å². The van der Waals surface area contributed by atoms with E-state index in [0.717, 1.165) is 17.0 Å². The number of carbonyl (C=O) groups excluding carboxylic acids is 2. The van der Waals surface area contributed by atoms with Gasteiger partial charge in [-0.2, -0.15) is 8.42 Å². The first-order valence-electron chi connectivity index (χ1n) is 10.8. The highest BCUT2D eigenvalue weighted by Gasteiger charge is 2.35. The summed E-state index contributed by atoms with van der Waals surface area (Å²) in [5.74, 6) is -0.878. The van der Waals surface area contributed by atoms with E-state index < -0.39 is 41.7 Å². The van der Waals surface area contributed by atoms with Crippen molar-refractivity contribution in [2.24, 2.45) is 0 Å². The zero-order valence-electron chi connectivity index (χ0n) is 19.9. The van der Waals surface area contributed by atoms with Crippen LogP contribution in [-0.2, 0) is 21.5 Å². The predicted octanol–water partition coefficient (Wildman–Crippen LogP) is 4.52. The molecule has 3 aromatic carbocycles. The molecule has 0 aliphatic carbocycles. The molecule has 0 radical (unpaired) electrons. The third-order valence-corrected chi connectivity index (χ3v) is 7.57. The van der Waals surface area contributed by atoms with Gasteiger partial charge in [0.15, 0.2) is 16.4 Å². The van der Waals surface area contributed by atoms with Crippen molar-refractivity contribution in [2.75, 3.05) is 7.11 Å². The lowest BCUT2D eigenvalue weighted by Gasteiger charge is -2.12. The Hall–Kier alpha value is -4.76. The minimum absolute atomic E-state index is 0.0454. The third kappa shape index (κ3) is 5.89. The molecule has 0 N–H and O–H groups in total. The van der Waals surface area contributed by atoms with E-state index in [1.807, 2.05) is 0 Å². The van der Waals surface area contributed by atoms with Crippen molar-refractivity contribution >= 4 is 50.5 Å². The van der Waals surface area contributed by atoms with E-state index in [-0.39, 0.29) is 28.6 Å². The number of carbonyl (C=O) groups is 2. The highest BCUT2D eigenvalue weighted by molar-refractivity contribution is 8.18. The predicted molar refractivity (Wildman–Crippen MR) is 139 cm³/mol. The molecular formula is C24H17N3O10S2. The molecule has 2 amide bonds. The van der Waals surface area contributed by atoms with Crippen LogP contribution in [0, 0.1) is 20.2 Å². The molecule has 0 atom stereocenters. The van der Waals surface area contributed by atoms with Gasteiger partial charge in [-0.25, -0.2) is 0 Å². The topological polar surface area (TPSA) is 176 Å². The molecule has 0 spiro atoms. The van der Waals surface area contributed by atoms with E-state index in [0.29, 0.717) is 22.9 Å². The molecule has 200 valence electrons. The summed E-state index contributed by atoms with van der Waals surface area (Å²) in [5.41, 5.74) is 0.122. The second kappa shape index (κ2) is 10.9. The van der Waals surface area contributed by atoms with Gasteiger partial charge in [0, 0.05) is 18.2 Å². The number of imide groups is 1. The van der Waals surface area contributed by atoms with Crippen molar-refractivity contribution in [3.8, 4) is 11.5 Å². The van der Waals surface area contributed by atoms with Gasteiger partial charge in [-0.3, -0.25) is 34.7 Å². The monoisotopic (exact) mass is 571 g/mol. The van der Waals surface area contributed by atoms with E-state index in [1.54, 1.807) is 0 Å². The first-order chi connectivity index (χ1) is 18.5. The number of rotatable bonds is 9. The first kappa shape index (κ1) is 27.3. The number of hydrogen-bond donors (Lipinski definition) is 0. The van der Waals surface area contributed by atoms with Crippen LogP contribution in [0.3, 0.4) is 0 Å². The van der Waals surface area contributed by atoms with Crippen LogP contribution in [0.1, 0.15) is 11.1 Å². The summed E-state index contributed by atoms with van der Waals surface area (Å²) in [5, 5.41) is 21.5. The Morgan fingerprint density at radius 3 is 2.28 bits per heavy atom. The van der Waals surface area contributed by atoms with Crippen molar-refractivity contribution < 1.29 is 36.8 Å². The highest BCUT2D eigenvalue weighted by Crippen LogP contribution is 2.36. The molecule has 4 rings (SSSR count). The van der Waals surface area contributed by atoms with E-state index >= 15 is 0 Å². The lowest BCUT2D eigenvalue weighted by atomic mass is 10.1. The van der Waals surface area contributed by atoms with Gasteiger partial charge in [0.1, 0.15) is 0 Å². The van der Waals surface area contributed by atoms with Crippen molar-refractivity contribution in [1.29, 1.82) is 0 Å². The van der Waals surface area contributed by atoms with Gasteiger partial charge in [0.2, 0.25) is 0 Å². The fraction of sp³-hybridized carbons (Fsp3) is 0.0833. The summed E-state index contributed by atoms with van der Waals surface area (Å²) >= 11 is 0.692. The van der Waals surface area contributed by atoms with Gasteiger partial charge in [-0.15, -0.1) is 0 Å². The van der Waals surface area contributed by atoms with Gasteiger partial charge < -0.3 is 8.92 Å². The molecule has 1 aliphatic rings. The molecular weight excluding hydrogens is 554 g/mol. The van der Waals surface area contributed by atoms with Gasteiger partial charge in [-0.1, -0.05) is 30.3 Å². The lowest BCUT2D eigenvalue weighted by molar-refractivity contribution is -0.387. The Kier molecular flexibility index (Phi) is 7.64. The number of nitro benzene ring substituents is 2. The number of hydrogen-bond acceptors (Lipinski definition) is 11. The Morgan fingerprint density at radius 1 is 0.949 bits per heavy atom. The van der Waals surface area contributed by atoms with Gasteiger partial charge in [0.05, 0.1) is 28.4 Å². The van der Waals surface area contributed by atoms with Crippen molar-refractivity contribution in [2.45, 2.75) is 11.4 Å². The van der Waals surface area contributed by atoms with Crippen LogP contribution in [0.25, 0.3) is 6.08 Å². The quantitative estimate of drug-likeness (QED) is 0.153.